The van der Waals surface area contributed by atoms with Crippen LogP contribution in [-0.4, -0.2) is 59.2 Å². The van der Waals surface area contributed by atoms with Gasteiger partial charge in [-0.15, -0.1) is 0 Å². The molecule has 2 saturated heterocycles. The lowest BCUT2D eigenvalue weighted by Gasteiger charge is -2.28. The van der Waals surface area contributed by atoms with E-state index in [2.05, 4.69) is 14.8 Å². The smallest absolute Gasteiger partial charge is 0.223 e. The molecule has 0 unspecified atom stereocenters. The number of nitrogens with zero attached hydrogens (tertiary/aromatic N) is 2. The molecular weight excluding hydrogens is 302 g/mol. The summed E-state index contributed by atoms with van der Waals surface area (Å²) in [5, 5.41) is 0. The van der Waals surface area contributed by atoms with Gasteiger partial charge in [0.2, 0.25) is 5.91 Å². The van der Waals surface area contributed by atoms with Crippen molar-refractivity contribution in [3.8, 4) is 0 Å². The minimum absolute atomic E-state index is 0.268. The molecule has 0 aromatic carbocycles. The molecule has 5 nitrogen and oxygen atoms in total. The van der Waals surface area contributed by atoms with E-state index >= 15 is 0 Å². The van der Waals surface area contributed by atoms with Crippen LogP contribution in [0.5, 0.6) is 0 Å². The van der Waals surface area contributed by atoms with Crippen LogP contribution >= 0.6 is 0 Å². The summed E-state index contributed by atoms with van der Waals surface area (Å²) in [5.41, 5.74) is 3.77. The third kappa shape index (κ3) is 3.56. The van der Waals surface area contributed by atoms with Crippen LogP contribution < -0.4 is 0 Å². The fourth-order valence-electron chi connectivity index (χ4n) is 4.30. The number of H-pyrrole nitrogens is 1. The van der Waals surface area contributed by atoms with Gasteiger partial charge in [0.25, 0.3) is 0 Å². The second-order valence-electron chi connectivity index (χ2n) is 7.28. The van der Waals surface area contributed by atoms with Crippen molar-refractivity contribution in [2.24, 2.45) is 0 Å². The number of aldehydes is 1. The average molecular weight is 331 g/mol. The first kappa shape index (κ1) is 17.2. The molecule has 5 heteroatoms. The number of hydrogen-bond donors (Lipinski definition) is 1. The van der Waals surface area contributed by atoms with Crippen molar-refractivity contribution in [2.75, 3.05) is 26.2 Å². The minimum Gasteiger partial charge on any atom is -0.356 e. The zero-order chi connectivity index (χ0) is 17.1. The number of likely N-dealkylation sites (tertiary alicyclic amines) is 2. The molecule has 0 bridgehead atoms. The second-order valence-corrected chi connectivity index (χ2v) is 7.28. The Hall–Kier alpha value is -1.62. The number of amides is 1. The van der Waals surface area contributed by atoms with Crippen molar-refractivity contribution in [3.63, 3.8) is 0 Å². The molecule has 2 aliphatic heterocycles. The third-order valence-corrected chi connectivity index (χ3v) is 5.70. The Morgan fingerprint density at radius 2 is 1.96 bits per heavy atom. The number of hydrogen-bond acceptors (Lipinski definition) is 3. The van der Waals surface area contributed by atoms with Crippen molar-refractivity contribution in [2.45, 2.75) is 58.4 Å². The highest BCUT2D eigenvalue weighted by Crippen LogP contribution is 2.23. The van der Waals surface area contributed by atoms with Crippen LogP contribution in [-0.2, 0) is 11.2 Å². The van der Waals surface area contributed by atoms with Gasteiger partial charge in [-0.25, -0.2) is 0 Å². The molecule has 1 atom stereocenters. The van der Waals surface area contributed by atoms with Gasteiger partial charge in [0.1, 0.15) is 0 Å². The maximum atomic E-state index is 12.7. The van der Waals surface area contributed by atoms with Gasteiger partial charge in [-0.2, -0.15) is 0 Å². The number of nitrogens with one attached hydrogen (secondary N) is 1. The fraction of sp³-hybridized carbons (Fsp3) is 0.684. The van der Waals surface area contributed by atoms with E-state index in [0.717, 1.165) is 49.0 Å². The molecule has 1 N–H and O–H groups in total. The van der Waals surface area contributed by atoms with Crippen LogP contribution in [0.1, 0.15) is 59.4 Å². The lowest BCUT2D eigenvalue weighted by atomic mass is 10.0. The molecule has 1 amide bonds. The van der Waals surface area contributed by atoms with Gasteiger partial charge in [-0.05, 0) is 70.2 Å². The second kappa shape index (κ2) is 7.51. The highest BCUT2D eigenvalue weighted by molar-refractivity contribution is 5.78. The van der Waals surface area contributed by atoms with E-state index < -0.39 is 0 Å². The molecule has 2 fully saturated rings. The molecule has 24 heavy (non-hydrogen) atoms. The predicted octanol–water partition coefficient (Wildman–Crippen LogP) is 2.46. The summed E-state index contributed by atoms with van der Waals surface area (Å²) in [6, 6.07) is 0.398. The van der Waals surface area contributed by atoms with E-state index in [9.17, 15) is 9.59 Å². The average Bonchev–Trinajstić information content (AvgIpc) is 3.28. The third-order valence-electron chi connectivity index (χ3n) is 5.70. The van der Waals surface area contributed by atoms with Gasteiger partial charge in [0, 0.05) is 31.2 Å². The maximum Gasteiger partial charge on any atom is 0.223 e. The summed E-state index contributed by atoms with van der Waals surface area (Å²) in [4.78, 5) is 31.5. The summed E-state index contributed by atoms with van der Waals surface area (Å²) in [5.74, 6) is 0.268. The van der Waals surface area contributed by atoms with Crippen LogP contribution in [0.2, 0.25) is 0 Å². The number of carbonyl (C=O) groups is 2. The highest BCUT2D eigenvalue weighted by atomic mass is 16.2. The van der Waals surface area contributed by atoms with E-state index in [1.54, 1.807) is 0 Å². The van der Waals surface area contributed by atoms with E-state index in [1.165, 1.54) is 25.9 Å². The topological polar surface area (TPSA) is 56.4 Å². The Kier molecular flexibility index (Phi) is 5.39. The molecule has 0 aliphatic carbocycles. The van der Waals surface area contributed by atoms with E-state index in [1.807, 2.05) is 13.8 Å². The lowest BCUT2D eigenvalue weighted by molar-refractivity contribution is -0.132. The van der Waals surface area contributed by atoms with Crippen molar-refractivity contribution >= 4 is 12.2 Å². The van der Waals surface area contributed by atoms with Gasteiger partial charge in [-0.3, -0.25) is 9.59 Å². The van der Waals surface area contributed by atoms with E-state index in [0.29, 0.717) is 24.6 Å². The van der Waals surface area contributed by atoms with Crippen LogP contribution in [0.25, 0.3) is 0 Å². The summed E-state index contributed by atoms with van der Waals surface area (Å²) in [7, 11) is 0. The zero-order valence-electron chi connectivity index (χ0n) is 14.9. The van der Waals surface area contributed by atoms with Gasteiger partial charge < -0.3 is 14.8 Å². The minimum atomic E-state index is 0.268. The summed E-state index contributed by atoms with van der Waals surface area (Å²) >= 11 is 0. The Balaban J connectivity index is 1.58. The molecule has 132 valence electrons. The summed E-state index contributed by atoms with van der Waals surface area (Å²) in [6.07, 6.45) is 6.97. The normalized spacial score (nSPS) is 21.6. The maximum absolute atomic E-state index is 12.7. The van der Waals surface area contributed by atoms with E-state index in [-0.39, 0.29) is 5.91 Å². The number of carbonyl (C=O) groups excluding carboxylic acids is 2. The first-order valence-corrected chi connectivity index (χ1v) is 9.25. The quantitative estimate of drug-likeness (QED) is 0.815. The number of aromatic nitrogens is 1. The highest BCUT2D eigenvalue weighted by Gasteiger charge is 2.30. The van der Waals surface area contributed by atoms with Crippen molar-refractivity contribution in [3.05, 3.63) is 22.5 Å². The van der Waals surface area contributed by atoms with Gasteiger partial charge in [0.15, 0.2) is 6.29 Å². The number of rotatable bonds is 6. The first-order chi connectivity index (χ1) is 11.6. The summed E-state index contributed by atoms with van der Waals surface area (Å²) in [6.45, 7) is 8.26. The van der Waals surface area contributed by atoms with Crippen LogP contribution in [0.3, 0.4) is 0 Å². The van der Waals surface area contributed by atoms with Gasteiger partial charge >= 0.3 is 0 Å². The van der Waals surface area contributed by atoms with Crippen LogP contribution in [0, 0.1) is 13.8 Å². The number of aromatic amines is 1. The molecule has 1 aromatic heterocycles. The van der Waals surface area contributed by atoms with Crippen molar-refractivity contribution < 1.29 is 9.59 Å². The standard InChI is InChI=1S/C19H29N3O2/c1-14-17(15(2)20-18(14)13-23)7-8-19(24)22-11-5-6-16(22)12-21-9-3-4-10-21/h13,16,20H,3-12H2,1-2H3/t16-/m0/s1. The number of aryl methyl sites for hydroxylation is 1. The first-order valence-electron chi connectivity index (χ1n) is 9.25. The molecule has 2 aliphatic rings. The molecule has 3 rings (SSSR count). The molecule has 0 saturated carbocycles. The monoisotopic (exact) mass is 331 g/mol. The molecule has 1 aromatic rings. The van der Waals surface area contributed by atoms with Crippen molar-refractivity contribution in [1.82, 2.24) is 14.8 Å². The molecule has 0 spiro atoms. The molecule has 3 heterocycles. The SMILES string of the molecule is Cc1[nH]c(C=O)c(C)c1CCC(=O)N1CCC[C@H]1CN1CCCC1. The van der Waals surface area contributed by atoms with Gasteiger partial charge in [-0.1, -0.05) is 0 Å². The van der Waals surface area contributed by atoms with Crippen LogP contribution in [0.4, 0.5) is 0 Å². The van der Waals surface area contributed by atoms with Gasteiger partial charge in [0.05, 0.1) is 5.69 Å². The van der Waals surface area contributed by atoms with E-state index in [4.69, 9.17) is 0 Å². The summed E-state index contributed by atoms with van der Waals surface area (Å²) < 4.78 is 0. The predicted molar refractivity (Wildman–Crippen MR) is 94.4 cm³/mol. The van der Waals surface area contributed by atoms with Crippen molar-refractivity contribution in [1.29, 1.82) is 0 Å². The Bertz CT molecular complexity index is 602. The Labute approximate surface area is 144 Å². The Morgan fingerprint density at radius 1 is 1.21 bits per heavy atom. The Morgan fingerprint density at radius 3 is 2.62 bits per heavy atom. The lowest BCUT2D eigenvalue weighted by Crippen LogP contribution is -2.42. The fourth-order valence-corrected chi connectivity index (χ4v) is 4.30. The molecule has 0 radical (unpaired) electrons. The molecular formula is C19H29N3O2. The zero-order valence-corrected chi connectivity index (χ0v) is 14.9. The van der Waals surface area contributed by atoms with Crippen LogP contribution in [0.15, 0.2) is 0 Å². The largest absolute Gasteiger partial charge is 0.356 e.